The number of benzene rings is 3. The Morgan fingerprint density at radius 2 is 0.722 bits per heavy atom. The van der Waals surface area contributed by atoms with E-state index in [1.54, 1.807) is 19.9 Å². The number of rotatable bonds is 21. The van der Waals surface area contributed by atoms with Crippen LogP contribution in [0.25, 0.3) is 0 Å². The number of hydrogen-bond donors (Lipinski definition) is 3. The molecule has 3 aromatic rings. The molecule has 0 saturated carbocycles. The highest BCUT2D eigenvalue weighted by Gasteiger charge is 2.45. The van der Waals surface area contributed by atoms with Crippen molar-refractivity contribution in [3.63, 3.8) is 0 Å². The summed E-state index contributed by atoms with van der Waals surface area (Å²) in [6.07, 6.45) is -22.5. The summed E-state index contributed by atoms with van der Waals surface area (Å²) in [7, 11) is -0.784. The van der Waals surface area contributed by atoms with Crippen molar-refractivity contribution in [1.29, 1.82) is 0 Å². The highest BCUT2D eigenvalue weighted by atomic mass is 16.6. The van der Waals surface area contributed by atoms with Gasteiger partial charge in [0.05, 0.1) is 59.0 Å². The molecule has 0 spiro atoms. The van der Waals surface area contributed by atoms with E-state index in [4.69, 9.17) is 109 Å². The number of ether oxygens (including phenoxy) is 9. The van der Waals surface area contributed by atoms with Gasteiger partial charge in [0.15, 0.2) is 34.5 Å². The van der Waals surface area contributed by atoms with Crippen molar-refractivity contribution in [3.05, 3.63) is 69.8 Å². The van der Waals surface area contributed by atoms with Crippen molar-refractivity contribution < 1.29 is 123 Å². The van der Waals surface area contributed by atoms with Gasteiger partial charge in [-0.25, -0.2) is 0 Å². The van der Waals surface area contributed by atoms with Crippen LogP contribution in [0.5, 0.6) is 34.5 Å². The lowest BCUT2D eigenvalue weighted by Gasteiger charge is -2.47. The van der Waals surface area contributed by atoms with E-state index in [1.807, 2.05) is 0 Å². The third-order valence-electron chi connectivity index (χ3n) is 14.8. The van der Waals surface area contributed by atoms with Gasteiger partial charge in [-0.05, 0) is 144 Å². The minimum absolute atomic E-state index is 0.0114. The van der Waals surface area contributed by atoms with E-state index >= 15 is 0 Å². The van der Waals surface area contributed by atoms with Crippen LogP contribution in [0.4, 0.5) is 0 Å². The zero-order chi connectivity index (χ0) is 108. The Morgan fingerprint density at radius 1 is 0.467 bits per heavy atom. The van der Waals surface area contributed by atoms with Crippen molar-refractivity contribution in [2.75, 3.05) is 81.6 Å². The molecule has 6 aliphatic heterocycles. The van der Waals surface area contributed by atoms with Crippen molar-refractivity contribution >= 4 is 17.9 Å². The number of methoxy groups -OCH3 is 6. The standard InChI is InChI=1S/3C24H38N2O4/c3*1-14(2)9-17-13-26-8-7-16-10-21(28-5)22(29-6)11-18(16)19(26)12-20(17)30-24(27)23(25)15(3)4/h3*10-11,14-15,17,19-20,23H,7-9,12-13,25H2,1-6H3/t3*17?,19?,20?,23-/m000/s1/i2*3D3,4D3,5D3,12D2,13D2,15D,17D,20D,23D;3D3,4D3,12D2,13D2,15D,17D,20D,23D. The summed E-state index contributed by atoms with van der Waals surface area (Å²) in [5.41, 5.74) is 18.1. The highest BCUT2D eigenvalue weighted by Crippen LogP contribution is 2.48. The molecule has 6 heterocycles. The first-order valence-electron chi connectivity index (χ1n) is 52.6. The topological polar surface area (TPSA) is 222 Å². The Labute approximate surface area is 606 Å². The lowest BCUT2D eigenvalue weighted by atomic mass is 9.79. The van der Waals surface area contributed by atoms with Crippen LogP contribution in [0.15, 0.2) is 36.4 Å². The Bertz CT molecular complexity index is 4750. The van der Waals surface area contributed by atoms with E-state index in [0.717, 1.165) is 28.9 Å². The Hall–Kier alpha value is -5.37. The van der Waals surface area contributed by atoms with Crippen molar-refractivity contribution in [2.24, 2.45) is 70.3 Å². The third-order valence-corrected chi connectivity index (χ3v) is 14.8. The molecule has 6 N–H and O–H groups in total. The highest BCUT2D eigenvalue weighted by molar-refractivity contribution is 5.77. The summed E-state index contributed by atoms with van der Waals surface area (Å²) in [5.74, 6) is -30.6. The Kier molecular flexibility index (Phi) is 11.1. The molecule has 18 nitrogen and oxygen atoms in total. The fourth-order valence-electron chi connectivity index (χ4n) is 10.5. The summed E-state index contributed by atoms with van der Waals surface area (Å²) < 4.78 is 447. The van der Waals surface area contributed by atoms with E-state index in [-0.39, 0.29) is 95.5 Å². The first-order valence-corrected chi connectivity index (χ1v) is 28.6. The van der Waals surface area contributed by atoms with Crippen LogP contribution >= 0.6 is 0 Å². The molecule has 0 amide bonds. The first-order chi connectivity index (χ1) is 61.2. The van der Waals surface area contributed by atoms with Gasteiger partial charge < -0.3 is 59.8 Å². The molecule has 90 heavy (non-hydrogen) atoms. The predicted octanol–water partition coefficient (Wildman–Crippen LogP) is 10.7. The molecule has 18 heteroatoms. The van der Waals surface area contributed by atoms with Crippen LogP contribution in [0, 0.1) is 53.1 Å². The molecule has 12 atom stereocenters. The fourth-order valence-corrected chi connectivity index (χ4v) is 10.5. The smallest absolute Gasteiger partial charge is 0.323 e. The largest absolute Gasteiger partial charge is 0.493 e. The van der Waals surface area contributed by atoms with Gasteiger partial charge in [0.1, 0.15) is 36.3 Å². The molecule has 504 valence electrons. The average molecular weight is 1300 g/mol. The molecular formula is C72H114N6O12. The van der Waals surface area contributed by atoms with Crippen LogP contribution in [0.1, 0.15) is 238 Å². The number of nitrogens with two attached hydrogens (primary N) is 3. The molecule has 9 rings (SSSR count). The zero-order valence-electron chi connectivity index (χ0n) is 99.8. The van der Waals surface area contributed by atoms with Crippen molar-refractivity contribution in [1.82, 2.24) is 14.7 Å². The Morgan fingerprint density at radius 3 is 0.956 bits per heavy atom. The molecule has 3 fully saturated rings. The minimum Gasteiger partial charge on any atom is -0.493 e. The molecule has 9 unspecified atom stereocenters. The molecule has 0 bridgehead atoms. The fraction of sp³-hybridized carbons (Fsp3) is 0.708. The number of hydrogen-bond acceptors (Lipinski definition) is 18. The second kappa shape index (κ2) is 32.5. The summed E-state index contributed by atoms with van der Waals surface area (Å²) in [4.78, 5) is 44.0. The maximum atomic E-state index is 13.7. The van der Waals surface area contributed by atoms with Gasteiger partial charge in [0.2, 0.25) is 0 Å². The van der Waals surface area contributed by atoms with Gasteiger partial charge in [-0.3, -0.25) is 29.1 Å². The number of carbonyl (C=O) groups is 3. The molecule has 0 aliphatic carbocycles. The van der Waals surface area contributed by atoms with Crippen LogP contribution in [0.2, 0.25) is 0 Å². The molecule has 3 aromatic carbocycles. The quantitative estimate of drug-likeness (QED) is 0.0666. The number of piperidine rings is 3. The monoisotopic (exact) mass is 1300 g/mol. The lowest BCUT2D eigenvalue weighted by Crippen LogP contribution is -2.51. The second-order valence-corrected chi connectivity index (χ2v) is 22.6. The minimum atomic E-state index is -4.08. The molecule has 3 saturated heterocycles. The molecular weight excluding hydrogens is 1140 g/mol. The van der Waals surface area contributed by atoms with Gasteiger partial charge in [-0.15, -0.1) is 0 Å². The van der Waals surface area contributed by atoms with Crippen LogP contribution < -0.4 is 45.6 Å². The molecule has 6 aliphatic rings. The zero-order valence-corrected chi connectivity index (χ0v) is 51.8. The third kappa shape index (κ3) is 17.5. The predicted molar refractivity (Wildman–Crippen MR) is 353 cm³/mol. The van der Waals surface area contributed by atoms with E-state index < -0.39 is 239 Å². The van der Waals surface area contributed by atoms with Crippen LogP contribution in [-0.4, -0.2) is 151 Å². The van der Waals surface area contributed by atoms with Crippen LogP contribution in [-0.2, 0) is 47.9 Å². The maximum Gasteiger partial charge on any atom is 0.323 e. The molecule has 0 aromatic heterocycles. The summed E-state index contributed by atoms with van der Waals surface area (Å²) in [6.45, 7) is -23.9. The number of carbonyl (C=O) groups excluding carboxylic acids is 3. The average Bonchev–Trinajstić information content (AvgIpc) is 0.673. The summed E-state index contributed by atoms with van der Waals surface area (Å²) in [6, 6.07) is -9.68. The maximum absolute atomic E-state index is 13.7. The van der Waals surface area contributed by atoms with E-state index in [9.17, 15) is 30.8 Å². The number of fused-ring (bicyclic) bond motifs is 9. The van der Waals surface area contributed by atoms with Gasteiger partial charge >= 0.3 is 17.9 Å². The first kappa shape index (κ1) is 30.8. The van der Waals surface area contributed by atoms with Gasteiger partial charge in [-0.1, -0.05) is 82.7 Å². The van der Waals surface area contributed by atoms with Crippen LogP contribution in [0.3, 0.4) is 0 Å². The van der Waals surface area contributed by atoms with E-state index in [1.165, 1.54) is 72.2 Å². The van der Waals surface area contributed by atoms with E-state index in [2.05, 4.69) is 0 Å². The SMILES string of the molecule is [2H]C([2H])([2H])C([2H])(C([2H])([2H])[2H])[C@]([2H])(N)C(=O)OC1([2H])C([2H])([2H])C2c3cc(OC)c(OC)cc3CCN2C([2H])([2H])C1([2H])CC(C)C.[2H]C([2H])([2H])Oc1cc2c(cc1OC)C1N(CC2)C([2H])([2H])C([2H])(CC(C)C)C([2H])(OC(=O)[C@@]([2H])(N)C([2H])(C([2H])([2H])[2H])C([2H])([2H])[2H])C1([2H])[2H].[2H]C([2H])([2H])Oc1cc2c(cc1OC)C1N(CC2)C([2H])([2H])C([2H])(CC(C)C)C([2H])(OC(=O)[C@@]([2H])(N)C([2H])(C([2H])([2H])[2H])C([2H])([2H])[2H])C1([2H])[2H]. The Balaban J connectivity index is 0.000000282. The van der Waals surface area contributed by atoms with Gasteiger partial charge in [-0.2, -0.15) is 0 Å². The normalized spacial score (nSPS) is 43.5. The van der Waals surface area contributed by atoms with E-state index in [0.29, 0.717) is 11.3 Å². The summed E-state index contributed by atoms with van der Waals surface area (Å²) in [5, 5.41) is 0. The van der Waals surface area contributed by atoms with Crippen molar-refractivity contribution in [2.45, 2.75) is 195 Å². The van der Waals surface area contributed by atoms with Gasteiger partial charge in [0, 0.05) is 143 Å². The van der Waals surface area contributed by atoms with Crippen molar-refractivity contribution in [3.8, 4) is 34.5 Å². The lowest BCUT2D eigenvalue weighted by molar-refractivity contribution is -0.161. The molecule has 0 radical (unpaired) electrons. The van der Waals surface area contributed by atoms with Gasteiger partial charge in [0.25, 0.3) is 0 Å². The second-order valence-electron chi connectivity index (χ2n) is 22.6. The summed E-state index contributed by atoms with van der Waals surface area (Å²) >= 11 is 0. The number of esters is 3. The number of nitrogens with zero attached hydrogens (tertiary/aromatic N) is 3.